The van der Waals surface area contributed by atoms with E-state index in [1.807, 2.05) is 0 Å². The van der Waals surface area contributed by atoms with E-state index in [-0.39, 0.29) is 0 Å². The Labute approximate surface area is 90.8 Å². The lowest BCUT2D eigenvalue weighted by Crippen LogP contribution is -2.03. The van der Waals surface area contributed by atoms with Gasteiger partial charge in [0.05, 0.1) is 0 Å². The molecule has 0 unspecified atom stereocenters. The standard InChI is InChI=1S/C14H28/c1-13(2,3)11-9-7-8-10-12-14(4,5)6/h9,11H,7-8,10,12H2,1-6H3/b11-9+. The zero-order chi connectivity index (χ0) is 11.2. The summed E-state index contributed by atoms with van der Waals surface area (Å²) in [5.74, 6) is 0. The van der Waals surface area contributed by atoms with Crippen LogP contribution >= 0.6 is 0 Å². The van der Waals surface area contributed by atoms with Crippen LogP contribution < -0.4 is 0 Å². The fraction of sp³-hybridized carbons (Fsp3) is 0.857. The van der Waals surface area contributed by atoms with Crippen LogP contribution in [0.5, 0.6) is 0 Å². The minimum absolute atomic E-state index is 0.351. The van der Waals surface area contributed by atoms with Crippen LogP contribution in [0.4, 0.5) is 0 Å². The van der Waals surface area contributed by atoms with E-state index in [2.05, 4.69) is 53.7 Å². The Kier molecular flexibility index (Phi) is 5.48. The summed E-state index contributed by atoms with van der Waals surface area (Å²) in [6.45, 7) is 13.7. The molecule has 0 atom stereocenters. The van der Waals surface area contributed by atoms with Gasteiger partial charge in [0, 0.05) is 0 Å². The molecule has 0 aliphatic heterocycles. The fourth-order valence-electron chi connectivity index (χ4n) is 1.35. The van der Waals surface area contributed by atoms with Crippen LogP contribution in [0.25, 0.3) is 0 Å². The average Bonchev–Trinajstić information content (AvgIpc) is 1.92. The van der Waals surface area contributed by atoms with Crippen LogP contribution in [0.3, 0.4) is 0 Å². The second kappa shape index (κ2) is 5.58. The molecule has 0 aromatic rings. The normalized spacial score (nSPS) is 13.9. The lowest BCUT2D eigenvalue weighted by molar-refractivity contribution is 0.361. The summed E-state index contributed by atoms with van der Waals surface area (Å²) in [5.41, 5.74) is 0.859. The van der Waals surface area contributed by atoms with E-state index in [0.717, 1.165) is 0 Å². The second-order valence-corrected chi connectivity index (χ2v) is 6.57. The molecule has 0 saturated carbocycles. The topological polar surface area (TPSA) is 0 Å². The summed E-state index contributed by atoms with van der Waals surface area (Å²) in [6.07, 6.45) is 9.94. The molecule has 0 aliphatic carbocycles. The number of unbranched alkanes of at least 4 members (excludes halogenated alkanes) is 2. The van der Waals surface area contributed by atoms with E-state index in [0.29, 0.717) is 10.8 Å². The Morgan fingerprint density at radius 3 is 1.86 bits per heavy atom. The highest BCUT2D eigenvalue weighted by atomic mass is 14.1. The lowest BCUT2D eigenvalue weighted by Gasteiger charge is -2.17. The number of hydrogen-bond acceptors (Lipinski definition) is 0. The van der Waals surface area contributed by atoms with Crippen molar-refractivity contribution in [3.05, 3.63) is 12.2 Å². The van der Waals surface area contributed by atoms with E-state index in [4.69, 9.17) is 0 Å². The van der Waals surface area contributed by atoms with Gasteiger partial charge in [-0.1, -0.05) is 60.1 Å². The van der Waals surface area contributed by atoms with Gasteiger partial charge in [0.25, 0.3) is 0 Å². The largest absolute Gasteiger partial charge is 0.0880 e. The predicted molar refractivity (Wildman–Crippen MR) is 66.5 cm³/mol. The lowest BCUT2D eigenvalue weighted by atomic mass is 9.89. The van der Waals surface area contributed by atoms with Crippen molar-refractivity contribution in [2.75, 3.05) is 0 Å². The van der Waals surface area contributed by atoms with Crippen molar-refractivity contribution >= 4 is 0 Å². The Hall–Kier alpha value is -0.260. The first kappa shape index (κ1) is 13.7. The minimum Gasteiger partial charge on any atom is -0.0880 e. The van der Waals surface area contributed by atoms with E-state index in [1.165, 1.54) is 25.7 Å². The van der Waals surface area contributed by atoms with Crippen LogP contribution in [-0.2, 0) is 0 Å². The van der Waals surface area contributed by atoms with Crippen molar-refractivity contribution in [3.63, 3.8) is 0 Å². The monoisotopic (exact) mass is 196 g/mol. The van der Waals surface area contributed by atoms with Gasteiger partial charge in [-0.2, -0.15) is 0 Å². The van der Waals surface area contributed by atoms with Gasteiger partial charge in [-0.3, -0.25) is 0 Å². The van der Waals surface area contributed by atoms with Gasteiger partial charge in [0.2, 0.25) is 0 Å². The molecule has 14 heavy (non-hydrogen) atoms. The Bertz CT molecular complexity index is 161. The molecular formula is C14H28. The molecule has 0 aromatic heterocycles. The summed E-state index contributed by atoms with van der Waals surface area (Å²) >= 11 is 0. The quantitative estimate of drug-likeness (QED) is 0.428. The second-order valence-electron chi connectivity index (χ2n) is 6.57. The summed E-state index contributed by atoms with van der Waals surface area (Å²) in [6, 6.07) is 0. The van der Waals surface area contributed by atoms with Crippen LogP contribution in [0.2, 0.25) is 0 Å². The summed E-state index contributed by atoms with van der Waals surface area (Å²) < 4.78 is 0. The summed E-state index contributed by atoms with van der Waals surface area (Å²) in [5, 5.41) is 0. The van der Waals surface area contributed by atoms with E-state index in [1.54, 1.807) is 0 Å². The summed E-state index contributed by atoms with van der Waals surface area (Å²) in [7, 11) is 0. The van der Waals surface area contributed by atoms with Crippen molar-refractivity contribution in [3.8, 4) is 0 Å². The zero-order valence-electron chi connectivity index (χ0n) is 11.0. The SMILES string of the molecule is CC(C)(C)/C=C/CCCCC(C)(C)C. The van der Waals surface area contributed by atoms with Crippen LogP contribution in [-0.4, -0.2) is 0 Å². The third-order valence-corrected chi connectivity index (χ3v) is 2.17. The Morgan fingerprint density at radius 1 is 0.857 bits per heavy atom. The van der Waals surface area contributed by atoms with Gasteiger partial charge in [-0.05, 0) is 30.1 Å². The molecule has 0 rings (SSSR count). The first-order valence-corrected chi connectivity index (χ1v) is 5.88. The van der Waals surface area contributed by atoms with Crippen molar-refractivity contribution < 1.29 is 0 Å². The maximum absolute atomic E-state index is 2.34. The molecule has 0 amide bonds. The van der Waals surface area contributed by atoms with Crippen molar-refractivity contribution in [1.29, 1.82) is 0 Å². The maximum atomic E-state index is 2.34. The van der Waals surface area contributed by atoms with E-state index >= 15 is 0 Å². The highest BCUT2D eigenvalue weighted by molar-refractivity contribution is 4.91. The van der Waals surface area contributed by atoms with Crippen molar-refractivity contribution in [1.82, 2.24) is 0 Å². The zero-order valence-corrected chi connectivity index (χ0v) is 11.0. The molecule has 0 bridgehead atoms. The molecule has 0 fully saturated rings. The van der Waals surface area contributed by atoms with Crippen molar-refractivity contribution in [2.24, 2.45) is 10.8 Å². The number of rotatable bonds is 4. The summed E-state index contributed by atoms with van der Waals surface area (Å²) in [4.78, 5) is 0. The highest BCUT2D eigenvalue weighted by Crippen LogP contribution is 2.22. The molecule has 0 spiro atoms. The first-order valence-electron chi connectivity index (χ1n) is 5.88. The van der Waals surface area contributed by atoms with Gasteiger partial charge in [-0.15, -0.1) is 0 Å². The molecule has 0 aromatic carbocycles. The molecule has 0 heteroatoms. The van der Waals surface area contributed by atoms with Crippen molar-refractivity contribution in [2.45, 2.75) is 67.2 Å². The van der Waals surface area contributed by atoms with Crippen LogP contribution in [0.1, 0.15) is 67.2 Å². The Balaban J connectivity index is 3.44. The molecular weight excluding hydrogens is 168 g/mol. The minimum atomic E-state index is 0.351. The number of allylic oxidation sites excluding steroid dienone is 2. The molecule has 0 N–H and O–H groups in total. The Morgan fingerprint density at radius 2 is 1.43 bits per heavy atom. The molecule has 0 heterocycles. The van der Waals surface area contributed by atoms with Gasteiger partial charge >= 0.3 is 0 Å². The molecule has 0 radical (unpaired) electrons. The van der Waals surface area contributed by atoms with Gasteiger partial charge in [-0.25, -0.2) is 0 Å². The molecule has 0 saturated heterocycles. The van der Waals surface area contributed by atoms with Crippen LogP contribution in [0, 0.1) is 10.8 Å². The van der Waals surface area contributed by atoms with E-state index in [9.17, 15) is 0 Å². The first-order chi connectivity index (χ1) is 6.21. The maximum Gasteiger partial charge on any atom is -0.0203 e. The van der Waals surface area contributed by atoms with Gasteiger partial charge < -0.3 is 0 Å². The molecule has 0 nitrogen and oxygen atoms in total. The molecule has 0 aliphatic rings. The third kappa shape index (κ3) is 11.7. The van der Waals surface area contributed by atoms with Gasteiger partial charge in [0.1, 0.15) is 0 Å². The fourth-order valence-corrected chi connectivity index (χ4v) is 1.35. The molecule has 84 valence electrons. The predicted octanol–water partition coefficient (Wildman–Crippen LogP) is 5.20. The van der Waals surface area contributed by atoms with Crippen LogP contribution in [0.15, 0.2) is 12.2 Å². The third-order valence-electron chi connectivity index (χ3n) is 2.17. The highest BCUT2D eigenvalue weighted by Gasteiger charge is 2.08. The van der Waals surface area contributed by atoms with Gasteiger partial charge in [0.15, 0.2) is 0 Å². The van der Waals surface area contributed by atoms with E-state index < -0.39 is 0 Å². The smallest absolute Gasteiger partial charge is 0.0203 e. The number of hydrogen-bond donors (Lipinski definition) is 0. The average molecular weight is 196 g/mol.